The van der Waals surface area contributed by atoms with E-state index in [1.54, 1.807) is 24.3 Å². The molecule has 8 heteroatoms. The van der Waals surface area contributed by atoms with E-state index < -0.39 is 18.6 Å². The van der Waals surface area contributed by atoms with Crippen LogP contribution in [0.25, 0.3) is 6.08 Å². The van der Waals surface area contributed by atoms with Crippen LogP contribution in [0.2, 0.25) is 0 Å². The Labute approximate surface area is 148 Å². The maximum absolute atomic E-state index is 12.8. The van der Waals surface area contributed by atoms with Crippen molar-refractivity contribution in [3.8, 4) is 11.5 Å². The molecule has 1 aromatic carbocycles. The van der Waals surface area contributed by atoms with Gasteiger partial charge in [-0.1, -0.05) is 6.07 Å². The predicted molar refractivity (Wildman–Crippen MR) is 88.8 cm³/mol. The zero-order valence-corrected chi connectivity index (χ0v) is 14.2. The molecule has 140 valence electrons. The number of benzene rings is 1. The molecule has 2 rings (SSSR count). The summed E-state index contributed by atoms with van der Waals surface area (Å²) in [5, 5.41) is 0. The van der Waals surface area contributed by atoms with E-state index in [4.69, 9.17) is 13.9 Å². The van der Waals surface area contributed by atoms with E-state index in [1.165, 1.54) is 32.6 Å². The summed E-state index contributed by atoms with van der Waals surface area (Å²) in [6.45, 7) is -1.65. The zero-order valence-electron chi connectivity index (χ0n) is 14.2. The van der Waals surface area contributed by atoms with Gasteiger partial charge in [0, 0.05) is 6.08 Å². The number of methoxy groups -OCH3 is 2. The number of carbonyl (C=O) groups excluding carboxylic acids is 1. The lowest BCUT2D eigenvalue weighted by Crippen LogP contribution is -2.37. The third kappa shape index (κ3) is 5.58. The predicted octanol–water partition coefficient (Wildman–Crippen LogP) is 3.90. The molecular formula is C18H18F3NO4. The number of furan rings is 1. The highest BCUT2D eigenvalue weighted by Crippen LogP contribution is 2.28. The van der Waals surface area contributed by atoms with Crippen LogP contribution in [0.4, 0.5) is 13.2 Å². The van der Waals surface area contributed by atoms with Crippen molar-refractivity contribution in [3.63, 3.8) is 0 Å². The molecule has 0 saturated carbocycles. The fraction of sp³-hybridized carbons (Fsp3) is 0.278. The van der Waals surface area contributed by atoms with Crippen molar-refractivity contribution in [2.45, 2.75) is 12.7 Å². The van der Waals surface area contributed by atoms with Crippen LogP contribution in [0.3, 0.4) is 0 Å². The minimum Gasteiger partial charge on any atom is -0.493 e. The summed E-state index contributed by atoms with van der Waals surface area (Å²) in [6, 6.07) is 7.97. The maximum atomic E-state index is 12.8. The van der Waals surface area contributed by atoms with E-state index in [-0.39, 0.29) is 12.3 Å². The number of alkyl halides is 3. The molecule has 0 unspecified atom stereocenters. The average molecular weight is 369 g/mol. The summed E-state index contributed by atoms with van der Waals surface area (Å²) < 4.78 is 53.6. The summed E-state index contributed by atoms with van der Waals surface area (Å²) in [4.78, 5) is 12.9. The first-order valence-electron chi connectivity index (χ1n) is 7.60. The first kappa shape index (κ1) is 19.4. The van der Waals surface area contributed by atoms with Gasteiger partial charge in [-0.2, -0.15) is 13.2 Å². The molecular weight excluding hydrogens is 351 g/mol. The van der Waals surface area contributed by atoms with Gasteiger partial charge in [0.15, 0.2) is 11.5 Å². The second-order valence-corrected chi connectivity index (χ2v) is 5.34. The highest BCUT2D eigenvalue weighted by molar-refractivity contribution is 5.91. The first-order valence-corrected chi connectivity index (χ1v) is 7.60. The molecule has 0 aliphatic carbocycles. The molecule has 0 spiro atoms. The Kier molecular flexibility index (Phi) is 6.32. The fourth-order valence-electron chi connectivity index (χ4n) is 2.25. The van der Waals surface area contributed by atoms with E-state index in [0.717, 1.165) is 6.08 Å². The molecule has 1 amide bonds. The van der Waals surface area contributed by atoms with Crippen LogP contribution in [0.15, 0.2) is 47.1 Å². The van der Waals surface area contributed by atoms with Gasteiger partial charge in [-0.3, -0.25) is 4.79 Å². The summed E-state index contributed by atoms with van der Waals surface area (Å²) in [6.07, 6.45) is -0.684. The molecule has 0 saturated heterocycles. The van der Waals surface area contributed by atoms with Crippen LogP contribution in [-0.4, -0.2) is 37.7 Å². The summed E-state index contributed by atoms with van der Waals surface area (Å²) >= 11 is 0. The lowest BCUT2D eigenvalue weighted by molar-refractivity contribution is -0.159. The number of nitrogens with zero attached hydrogens (tertiary/aromatic N) is 1. The standard InChI is InChI=1S/C18H18F3NO4/c1-24-15-7-5-13(10-16(15)25-2)6-8-17(23)22(12-18(19,20)21)11-14-4-3-9-26-14/h3-10H,11-12H2,1-2H3/b8-6+. The van der Waals surface area contributed by atoms with Crippen molar-refractivity contribution in [1.82, 2.24) is 4.90 Å². The Morgan fingerprint density at radius 3 is 2.50 bits per heavy atom. The molecule has 0 bridgehead atoms. The van der Waals surface area contributed by atoms with E-state index in [9.17, 15) is 18.0 Å². The normalized spacial score (nSPS) is 11.6. The maximum Gasteiger partial charge on any atom is 0.406 e. The molecule has 0 aliphatic rings. The van der Waals surface area contributed by atoms with Crippen LogP contribution >= 0.6 is 0 Å². The number of rotatable bonds is 7. The minimum absolute atomic E-state index is 0.266. The summed E-state index contributed by atoms with van der Waals surface area (Å²) in [5.41, 5.74) is 0.584. The SMILES string of the molecule is COc1ccc(/C=C/C(=O)N(Cc2ccco2)CC(F)(F)F)cc1OC. The molecule has 0 N–H and O–H groups in total. The summed E-state index contributed by atoms with van der Waals surface area (Å²) in [5.74, 6) is 0.438. The van der Waals surface area contributed by atoms with E-state index >= 15 is 0 Å². The van der Waals surface area contributed by atoms with Crippen molar-refractivity contribution >= 4 is 12.0 Å². The average Bonchev–Trinajstić information content (AvgIpc) is 3.10. The molecule has 0 radical (unpaired) electrons. The molecule has 0 fully saturated rings. The van der Waals surface area contributed by atoms with Crippen LogP contribution in [-0.2, 0) is 11.3 Å². The largest absolute Gasteiger partial charge is 0.493 e. The van der Waals surface area contributed by atoms with Crippen molar-refractivity contribution in [3.05, 3.63) is 54.0 Å². The number of hydrogen-bond acceptors (Lipinski definition) is 4. The van der Waals surface area contributed by atoms with Crippen LogP contribution in [0, 0.1) is 0 Å². The Bertz CT molecular complexity index is 754. The Morgan fingerprint density at radius 2 is 1.92 bits per heavy atom. The Morgan fingerprint density at radius 1 is 1.19 bits per heavy atom. The third-order valence-corrected chi connectivity index (χ3v) is 3.43. The van der Waals surface area contributed by atoms with Crippen LogP contribution in [0.1, 0.15) is 11.3 Å². The van der Waals surface area contributed by atoms with Gasteiger partial charge in [-0.15, -0.1) is 0 Å². The lowest BCUT2D eigenvalue weighted by atomic mass is 10.2. The summed E-state index contributed by atoms with van der Waals surface area (Å²) in [7, 11) is 2.95. The van der Waals surface area contributed by atoms with Crippen molar-refractivity contribution < 1.29 is 31.9 Å². The van der Waals surface area contributed by atoms with Crippen molar-refractivity contribution in [1.29, 1.82) is 0 Å². The number of carbonyl (C=O) groups is 1. The molecule has 1 heterocycles. The molecule has 2 aromatic rings. The topological polar surface area (TPSA) is 51.9 Å². The van der Waals surface area contributed by atoms with Gasteiger partial charge in [0.2, 0.25) is 5.91 Å². The highest BCUT2D eigenvalue weighted by Gasteiger charge is 2.32. The van der Waals surface area contributed by atoms with Crippen molar-refractivity contribution in [2.24, 2.45) is 0 Å². The molecule has 5 nitrogen and oxygen atoms in total. The number of ether oxygens (including phenoxy) is 2. The number of hydrogen-bond donors (Lipinski definition) is 0. The Balaban J connectivity index is 2.16. The van der Waals surface area contributed by atoms with Gasteiger partial charge in [-0.05, 0) is 35.9 Å². The quantitative estimate of drug-likeness (QED) is 0.695. The minimum atomic E-state index is -4.51. The van der Waals surface area contributed by atoms with Gasteiger partial charge in [0.25, 0.3) is 0 Å². The smallest absolute Gasteiger partial charge is 0.406 e. The number of halogens is 3. The van der Waals surface area contributed by atoms with Gasteiger partial charge >= 0.3 is 6.18 Å². The zero-order chi connectivity index (χ0) is 19.2. The van der Waals surface area contributed by atoms with Gasteiger partial charge in [0.05, 0.1) is 27.0 Å². The van der Waals surface area contributed by atoms with E-state index in [2.05, 4.69) is 0 Å². The van der Waals surface area contributed by atoms with E-state index in [1.807, 2.05) is 0 Å². The second-order valence-electron chi connectivity index (χ2n) is 5.34. The van der Waals surface area contributed by atoms with Gasteiger partial charge in [0.1, 0.15) is 12.3 Å². The van der Waals surface area contributed by atoms with Gasteiger partial charge < -0.3 is 18.8 Å². The van der Waals surface area contributed by atoms with Crippen LogP contribution in [0.5, 0.6) is 11.5 Å². The molecule has 1 aromatic heterocycles. The first-order chi connectivity index (χ1) is 12.3. The monoisotopic (exact) mass is 369 g/mol. The molecule has 0 aliphatic heterocycles. The van der Waals surface area contributed by atoms with Crippen LogP contribution < -0.4 is 9.47 Å². The van der Waals surface area contributed by atoms with E-state index in [0.29, 0.717) is 22.0 Å². The molecule has 0 atom stereocenters. The van der Waals surface area contributed by atoms with Crippen molar-refractivity contribution in [2.75, 3.05) is 20.8 Å². The van der Waals surface area contributed by atoms with Gasteiger partial charge in [-0.25, -0.2) is 0 Å². The highest BCUT2D eigenvalue weighted by atomic mass is 19.4. The third-order valence-electron chi connectivity index (χ3n) is 3.43. The second kappa shape index (κ2) is 8.46. The number of amides is 1. The Hall–Kier alpha value is -2.90. The molecule has 26 heavy (non-hydrogen) atoms. The fourth-order valence-corrected chi connectivity index (χ4v) is 2.25. The lowest BCUT2D eigenvalue weighted by Gasteiger charge is -2.21.